The first-order valence-corrected chi connectivity index (χ1v) is 6.08. The van der Waals surface area contributed by atoms with Crippen molar-refractivity contribution in [3.63, 3.8) is 0 Å². The number of phenols is 1. The van der Waals surface area contributed by atoms with Gasteiger partial charge in [-0.25, -0.2) is 4.79 Å². The molecule has 1 aliphatic rings. The molecule has 0 saturated carbocycles. The standard InChI is InChI=1S/C13H17NO4/c15-11-9-10(13(16)17)3-4-12(11)18-8-7-14-5-1-2-6-14/h3-4,9,15H,1-2,5-8H2,(H,16,17). The number of carboxylic acids is 1. The van der Waals surface area contributed by atoms with Crippen LogP contribution in [0.3, 0.4) is 0 Å². The Labute approximate surface area is 106 Å². The van der Waals surface area contributed by atoms with Crippen molar-refractivity contribution in [1.82, 2.24) is 4.90 Å². The normalized spacial score (nSPS) is 15.8. The second-order valence-electron chi connectivity index (χ2n) is 4.38. The summed E-state index contributed by atoms with van der Waals surface area (Å²) in [7, 11) is 0. The van der Waals surface area contributed by atoms with Crippen LogP contribution in [0.5, 0.6) is 11.5 Å². The van der Waals surface area contributed by atoms with Crippen LogP contribution >= 0.6 is 0 Å². The number of ether oxygens (including phenoxy) is 1. The number of phenolic OH excluding ortho intramolecular Hbond substituents is 1. The molecule has 0 spiro atoms. The molecule has 1 aromatic carbocycles. The Morgan fingerprint density at radius 2 is 2.06 bits per heavy atom. The van der Waals surface area contributed by atoms with Gasteiger partial charge in [0.25, 0.3) is 0 Å². The van der Waals surface area contributed by atoms with Gasteiger partial charge in [0.1, 0.15) is 6.61 Å². The largest absolute Gasteiger partial charge is 0.504 e. The van der Waals surface area contributed by atoms with Crippen LogP contribution in [-0.4, -0.2) is 47.3 Å². The lowest BCUT2D eigenvalue weighted by molar-refractivity contribution is 0.0696. The highest BCUT2D eigenvalue weighted by Crippen LogP contribution is 2.26. The van der Waals surface area contributed by atoms with Gasteiger partial charge in [0, 0.05) is 6.54 Å². The topological polar surface area (TPSA) is 70.0 Å². The maximum absolute atomic E-state index is 10.7. The van der Waals surface area contributed by atoms with E-state index >= 15 is 0 Å². The molecule has 1 saturated heterocycles. The van der Waals surface area contributed by atoms with E-state index in [0.717, 1.165) is 19.6 Å². The minimum Gasteiger partial charge on any atom is -0.504 e. The minimum absolute atomic E-state index is 0.0550. The fraction of sp³-hybridized carbons (Fsp3) is 0.462. The summed E-state index contributed by atoms with van der Waals surface area (Å²) in [4.78, 5) is 13.0. The molecule has 1 aliphatic heterocycles. The molecule has 5 heteroatoms. The predicted molar refractivity (Wildman–Crippen MR) is 66.2 cm³/mol. The predicted octanol–water partition coefficient (Wildman–Crippen LogP) is 1.56. The van der Waals surface area contributed by atoms with Crippen molar-refractivity contribution in [1.29, 1.82) is 0 Å². The van der Waals surface area contributed by atoms with E-state index in [1.54, 1.807) is 0 Å². The van der Waals surface area contributed by atoms with Gasteiger partial charge in [-0.15, -0.1) is 0 Å². The van der Waals surface area contributed by atoms with Gasteiger partial charge in [0.15, 0.2) is 11.5 Å². The molecule has 0 bridgehead atoms. The van der Waals surface area contributed by atoms with Crippen LogP contribution in [-0.2, 0) is 0 Å². The van der Waals surface area contributed by atoms with Crippen LogP contribution in [0.1, 0.15) is 23.2 Å². The molecule has 0 aliphatic carbocycles. The summed E-state index contributed by atoms with van der Waals surface area (Å²) in [5.41, 5.74) is 0.0550. The van der Waals surface area contributed by atoms with E-state index in [1.165, 1.54) is 31.0 Å². The maximum Gasteiger partial charge on any atom is 0.335 e. The van der Waals surface area contributed by atoms with Crippen molar-refractivity contribution >= 4 is 5.97 Å². The summed E-state index contributed by atoms with van der Waals surface area (Å²) in [5.74, 6) is -0.857. The van der Waals surface area contributed by atoms with E-state index in [1.807, 2.05) is 0 Å². The molecule has 1 fully saturated rings. The lowest BCUT2D eigenvalue weighted by atomic mass is 10.2. The summed E-state index contributed by atoms with van der Waals surface area (Å²) < 4.78 is 5.45. The monoisotopic (exact) mass is 251 g/mol. The number of nitrogens with zero attached hydrogens (tertiary/aromatic N) is 1. The van der Waals surface area contributed by atoms with Gasteiger partial charge in [0.2, 0.25) is 0 Å². The molecular formula is C13H17NO4. The Hall–Kier alpha value is -1.75. The Kier molecular flexibility index (Phi) is 4.04. The molecule has 1 aromatic rings. The highest BCUT2D eigenvalue weighted by atomic mass is 16.5. The van der Waals surface area contributed by atoms with Gasteiger partial charge < -0.3 is 14.9 Å². The molecule has 0 radical (unpaired) electrons. The first-order chi connectivity index (χ1) is 8.66. The number of hydrogen-bond donors (Lipinski definition) is 2. The van der Waals surface area contributed by atoms with E-state index in [-0.39, 0.29) is 11.3 Å². The van der Waals surface area contributed by atoms with Crippen molar-refractivity contribution in [2.45, 2.75) is 12.8 Å². The number of carbonyl (C=O) groups is 1. The lowest BCUT2D eigenvalue weighted by Gasteiger charge is -2.15. The molecule has 18 heavy (non-hydrogen) atoms. The fourth-order valence-electron chi connectivity index (χ4n) is 2.06. The third kappa shape index (κ3) is 3.13. The Bertz CT molecular complexity index is 427. The average Bonchev–Trinajstić information content (AvgIpc) is 2.84. The van der Waals surface area contributed by atoms with Crippen LogP contribution < -0.4 is 4.74 Å². The summed E-state index contributed by atoms with van der Waals surface area (Å²) in [6, 6.07) is 4.11. The zero-order valence-corrected chi connectivity index (χ0v) is 10.1. The zero-order chi connectivity index (χ0) is 13.0. The molecule has 0 aromatic heterocycles. The maximum atomic E-state index is 10.7. The summed E-state index contributed by atoms with van der Waals surface area (Å²) in [6.45, 7) is 3.54. The molecule has 2 rings (SSSR count). The molecule has 0 atom stereocenters. The number of hydrogen-bond acceptors (Lipinski definition) is 4. The molecule has 0 amide bonds. The molecular weight excluding hydrogens is 234 g/mol. The van der Waals surface area contributed by atoms with Gasteiger partial charge >= 0.3 is 5.97 Å². The number of likely N-dealkylation sites (tertiary alicyclic amines) is 1. The number of benzene rings is 1. The van der Waals surface area contributed by atoms with Crippen molar-refractivity contribution in [3.05, 3.63) is 23.8 Å². The first kappa shape index (κ1) is 12.7. The Morgan fingerprint density at radius 1 is 1.33 bits per heavy atom. The van der Waals surface area contributed by atoms with Crippen molar-refractivity contribution < 1.29 is 19.7 Å². The summed E-state index contributed by atoms with van der Waals surface area (Å²) in [5, 5.41) is 18.4. The lowest BCUT2D eigenvalue weighted by Crippen LogP contribution is -2.25. The van der Waals surface area contributed by atoms with Crippen LogP contribution in [0, 0.1) is 0 Å². The first-order valence-electron chi connectivity index (χ1n) is 6.08. The Morgan fingerprint density at radius 3 is 2.67 bits per heavy atom. The molecule has 5 nitrogen and oxygen atoms in total. The van der Waals surface area contributed by atoms with Crippen LogP contribution in [0.4, 0.5) is 0 Å². The van der Waals surface area contributed by atoms with Gasteiger partial charge in [0.05, 0.1) is 5.56 Å². The van der Waals surface area contributed by atoms with Crippen molar-refractivity contribution in [2.75, 3.05) is 26.2 Å². The van der Waals surface area contributed by atoms with E-state index < -0.39 is 5.97 Å². The summed E-state index contributed by atoms with van der Waals surface area (Å²) in [6.07, 6.45) is 2.47. The SMILES string of the molecule is O=C(O)c1ccc(OCCN2CCCC2)c(O)c1. The Balaban J connectivity index is 1.87. The number of carboxylic acid groups (broad SMARTS) is 1. The quantitative estimate of drug-likeness (QED) is 0.831. The van der Waals surface area contributed by atoms with Crippen molar-refractivity contribution in [3.8, 4) is 11.5 Å². The second-order valence-corrected chi connectivity index (χ2v) is 4.38. The number of rotatable bonds is 5. The highest BCUT2D eigenvalue weighted by molar-refractivity contribution is 5.88. The van der Waals surface area contributed by atoms with Crippen molar-refractivity contribution in [2.24, 2.45) is 0 Å². The van der Waals surface area contributed by atoms with E-state index in [9.17, 15) is 9.90 Å². The molecule has 98 valence electrons. The van der Waals surface area contributed by atoms with Crippen LogP contribution in [0.15, 0.2) is 18.2 Å². The van der Waals surface area contributed by atoms with Crippen LogP contribution in [0.2, 0.25) is 0 Å². The van der Waals surface area contributed by atoms with E-state index in [4.69, 9.17) is 9.84 Å². The minimum atomic E-state index is -1.06. The zero-order valence-electron chi connectivity index (χ0n) is 10.1. The number of aromatic carboxylic acids is 1. The van der Waals surface area contributed by atoms with Gasteiger partial charge in [-0.05, 0) is 44.1 Å². The number of aromatic hydroxyl groups is 1. The molecule has 0 unspecified atom stereocenters. The van der Waals surface area contributed by atoms with Gasteiger partial charge in [-0.1, -0.05) is 0 Å². The van der Waals surface area contributed by atoms with Gasteiger partial charge in [-0.3, -0.25) is 4.90 Å². The van der Waals surface area contributed by atoms with E-state index in [0.29, 0.717) is 12.4 Å². The average molecular weight is 251 g/mol. The third-order valence-corrected chi connectivity index (χ3v) is 3.07. The molecule has 1 heterocycles. The van der Waals surface area contributed by atoms with Gasteiger partial charge in [-0.2, -0.15) is 0 Å². The van der Waals surface area contributed by atoms with Crippen LogP contribution in [0.25, 0.3) is 0 Å². The third-order valence-electron chi connectivity index (χ3n) is 3.07. The summed E-state index contributed by atoms with van der Waals surface area (Å²) >= 11 is 0. The van der Waals surface area contributed by atoms with E-state index in [2.05, 4.69) is 4.90 Å². The highest BCUT2D eigenvalue weighted by Gasteiger charge is 2.12. The molecule has 2 N–H and O–H groups in total. The smallest absolute Gasteiger partial charge is 0.335 e. The second kappa shape index (κ2) is 5.73. The fourth-order valence-corrected chi connectivity index (χ4v) is 2.06.